The second-order valence-electron chi connectivity index (χ2n) is 7.87. The molecule has 168 valence electrons. The van der Waals surface area contributed by atoms with Gasteiger partial charge in [0.1, 0.15) is 6.04 Å². The van der Waals surface area contributed by atoms with Gasteiger partial charge < -0.3 is 10.2 Å². The van der Waals surface area contributed by atoms with Crippen molar-refractivity contribution >= 4 is 35.2 Å². The van der Waals surface area contributed by atoms with E-state index in [0.29, 0.717) is 23.7 Å². The van der Waals surface area contributed by atoms with Crippen molar-refractivity contribution < 1.29 is 9.59 Å². The van der Waals surface area contributed by atoms with E-state index in [0.717, 1.165) is 17.7 Å². The van der Waals surface area contributed by atoms with Gasteiger partial charge in [-0.25, -0.2) is 0 Å². The lowest BCUT2D eigenvalue weighted by Gasteiger charge is -2.31. The van der Waals surface area contributed by atoms with Crippen LogP contribution < -0.4 is 5.32 Å². The van der Waals surface area contributed by atoms with Crippen molar-refractivity contribution in [2.24, 2.45) is 0 Å². The Morgan fingerprint density at radius 1 is 1.06 bits per heavy atom. The summed E-state index contributed by atoms with van der Waals surface area (Å²) in [5.41, 5.74) is 3.36. The summed E-state index contributed by atoms with van der Waals surface area (Å²) >= 11 is 7.59. The number of nitrogens with one attached hydrogen (secondary N) is 1. The highest BCUT2D eigenvalue weighted by Gasteiger charge is 2.29. The molecule has 2 aromatic carbocycles. The van der Waals surface area contributed by atoms with Crippen LogP contribution in [0.15, 0.2) is 48.5 Å². The Labute approximate surface area is 195 Å². The third-order valence-electron chi connectivity index (χ3n) is 5.23. The van der Waals surface area contributed by atoms with Gasteiger partial charge in [0.05, 0.1) is 5.75 Å². The van der Waals surface area contributed by atoms with E-state index in [-0.39, 0.29) is 17.9 Å². The zero-order chi connectivity index (χ0) is 22.8. The first-order valence-corrected chi connectivity index (χ1v) is 12.3. The van der Waals surface area contributed by atoms with Crippen LogP contribution in [0.3, 0.4) is 0 Å². The fourth-order valence-corrected chi connectivity index (χ4v) is 4.27. The average Bonchev–Trinajstić information content (AvgIpc) is 2.74. The minimum absolute atomic E-state index is 0.0289. The first-order chi connectivity index (χ1) is 14.8. The molecule has 0 spiro atoms. The smallest absolute Gasteiger partial charge is 0.243 e. The predicted octanol–water partition coefficient (Wildman–Crippen LogP) is 5.60. The molecule has 0 aromatic heterocycles. The summed E-state index contributed by atoms with van der Waals surface area (Å²) < 4.78 is 0. The largest absolute Gasteiger partial charge is 0.352 e. The van der Waals surface area contributed by atoms with Crippen LogP contribution in [0.5, 0.6) is 0 Å². The van der Waals surface area contributed by atoms with E-state index in [2.05, 4.69) is 30.4 Å². The van der Waals surface area contributed by atoms with Crippen LogP contribution in [0.1, 0.15) is 50.3 Å². The normalized spacial score (nSPS) is 12.8. The van der Waals surface area contributed by atoms with Gasteiger partial charge in [-0.3, -0.25) is 9.59 Å². The second kappa shape index (κ2) is 12.8. The molecule has 0 fully saturated rings. The van der Waals surface area contributed by atoms with E-state index in [9.17, 15) is 9.59 Å². The Kier molecular flexibility index (Phi) is 10.4. The molecule has 0 bridgehead atoms. The topological polar surface area (TPSA) is 49.4 Å². The van der Waals surface area contributed by atoms with Gasteiger partial charge >= 0.3 is 0 Å². The molecule has 0 aliphatic rings. The third-order valence-corrected chi connectivity index (χ3v) is 6.47. The molecule has 2 rings (SSSR count). The summed E-state index contributed by atoms with van der Waals surface area (Å²) in [6.07, 6.45) is 1.41. The number of thioether (sulfide) groups is 1. The first-order valence-electron chi connectivity index (χ1n) is 10.8. The molecule has 1 N–H and O–H groups in total. The van der Waals surface area contributed by atoms with Crippen LogP contribution in [-0.2, 0) is 21.9 Å². The van der Waals surface area contributed by atoms with Gasteiger partial charge in [-0.2, -0.15) is 0 Å². The Balaban J connectivity index is 2.13. The quantitative estimate of drug-likeness (QED) is 0.474. The number of carbonyl (C=O) groups is 2. The van der Waals surface area contributed by atoms with Crippen molar-refractivity contribution in [3.8, 4) is 0 Å². The molecule has 6 heteroatoms. The van der Waals surface area contributed by atoms with E-state index < -0.39 is 6.04 Å². The molecule has 2 atom stereocenters. The van der Waals surface area contributed by atoms with Crippen molar-refractivity contribution in [1.82, 2.24) is 10.2 Å². The number of hydrogen-bond acceptors (Lipinski definition) is 3. The summed E-state index contributed by atoms with van der Waals surface area (Å²) in [6.45, 7) is 8.41. The summed E-state index contributed by atoms with van der Waals surface area (Å²) in [6, 6.07) is 15.3. The number of halogens is 1. The standard InChI is InChI=1S/C25H33ClN2O2S/c1-5-19(4)27-25(30)23(6-2)28(15-20-10-12-22(26)13-11-20)24(29)17-31-16-21-9-7-8-18(3)14-21/h7-14,19,23H,5-6,15-17H2,1-4H3,(H,27,30)/t19-,23-/m0/s1. The minimum Gasteiger partial charge on any atom is -0.352 e. The molecule has 4 nitrogen and oxygen atoms in total. The molecule has 2 amide bonds. The number of hydrogen-bond donors (Lipinski definition) is 1. The third kappa shape index (κ3) is 8.23. The monoisotopic (exact) mass is 460 g/mol. The van der Waals surface area contributed by atoms with Gasteiger partial charge in [-0.1, -0.05) is 67.4 Å². The second-order valence-corrected chi connectivity index (χ2v) is 9.29. The Hall–Kier alpha value is -1.98. The number of carbonyl (C=O) groups excluding carboxylic acids is 2. The summed E-state index contributed by atoms with van der Waals surface area (Å²) in [4.78, 5) is 27.9. The molecule has 0 unspecified atom stereocenters. The number of benzene rings is 2. The molecule has 2 aromatic rings. The van der Waals surface area contributed by atoms with Crippen molar-refractivity contribution in [1.29, 1.82) is 0 Å². The van der Waals surface area contributed by atoms with Gasteiger partial charge in [-0.05, 0) is 49.9 Å². The maximum absolute atomic E-state index is 13.2. The highest BCUT2D eigenvalue weighted by molar-refractivity contribution is 7.99. The van der Waals surface area contributed by atoms with Crippen LogP contribution >= 0.6 is 23.4 Å². The highest BCUT2D eigenvalue weighted by atomic mass is 35.5. The molecule has 0 radical (unpaired) electrons. The van der Waals surface area contributed by atoms with Crippen LogP contribution in [0.2, 0.25) is 5.02 Å². The lowest BCUT2D eigenvalue weighted by atomic mass is 10.1. The van der Waals surface area contributed by atoms with Gasteiger partial charge in [-0.15, -0.1) is 11.8 Å². The maximum Gasteiger partial charge on any atom is 0.243 e. The van der Waals surface area contributed by atoms with E-state index in [4.69, 9.17) is 11.6 Å². The number of amides is 2. The predicted molar refractivity (Wildman–Crippen MR) is 131 cm³/mol. The van der Waals surface area contributed by atoms with E-state index in [1.165, 1.54) is 11.1 Å². The van der Waals surface area contributed by atoms with Crippen molar-refractivity contribution in [2.45, 2.75) is 64.9 Å². The van der Waals surface area contributed by atoms with E-state index in [1.54, 1.807) is 16.7 Å². The minimum atomic E-state index is -0.503. The molecule has 0 saturated heterocycles. The van der Waals surface area contributed by atoms with Crippen molar-refractivity contribution in [2.75, 3.05) is 5.75 Å². The Bertz CT molecular complexity index is 857. The molecule has 0 heterocycles. The highest BCUT2D eigenvalue weighted by Crippen LogP contribution is 2.19. The molecule has 0 saturated carbocycles. The first kappa shape index (κ1) is 25.3. The number of aryl methyl sites for hydroxylation is 1. The molecule has 0 aliphatic heterocycles. The fourth-order valence-electron chi connectivity index (χ4n) is 3.29. The summed E-state index contributed by atoms with van der Waals surface area (Å²) in [5, 5.41) is 3.69. The average molecular weight is 461 g/mol. The van der Waals surface area contributed by atoms with E-state index in [1.807, 2.05) is 51.1 Å². The zero-order valence-electron chi connectivity index (χ0n) is 18.9. The van der Waals surface area contributed by atoms with Gasteiger partial charge in [0.2, 0.25) is 11.8 Å². The molecular formula is C25H33ClN2O2S. The SMILES string of the molecule is CC[C@H](C)NC(=O)[C@H](CC)N(Cc1ccc(Cl)cc1)C(=O)CSCc1cccc(C)c1. The van der Waals surface area contributed by atoms with Crippen LogP contribution in [0, 0.1) is 6.92 Å². The Morgan fingerprint density at radius 2 is 1.77 bits per heavy atom. The Morgan fingerprint density at radius 3 is 2.39 bits per heavy atom. The van der Waals surface area contributed by atoms with E-state index >= 15 is 0 Å². The van der Waals surface area contributed by atoms with Crippen LogP contribution in [0.25, 0.3) is 0 Å². The van der Waals surface area contributed by atoms with Crippen molar-refractivity contribution in [3.05, 3.63) is 70.2 Å². The van der Waals surface area contributed by atoms with Crippen LogP contribution in [0.4, 0.5) is 0 Å². The number of nitrogens with zero attached hydrogens (tertiary/aromatic N) is 1. The molecule has 0 aliphatic carbocycles. The summed E-state index contributed by atoms with van der Waals surface area (Å²) in [5.74, 6) is 0.966. The van der Waals surface area contributed by atoms with Crippen molar-refractivity contribution in [3.63, 3.8) is 0 Å². The molecular weight excluding hydrogens is 428 g/mol. The fraction of sp³-hybridized carbons (Fsp3) is 0.440. The van der Waals surface area contributed by atoms with Gasteiger partial charge in [0.15, 0.2) is 0 Å². The van der Waals surface area contributed by atoms with Gasteiger partial charge in [0, 0.05) is 23.4 Å². The number of rotatable bonds is 11. The van der Waals surface area contributed by atoms with Gasteiger partial charge in [0.25, 0.3) is 0 Å². The summed E-state index contributed by atoms with van der Waals surface area (Å²) in [7, 11) is 0. The lowest BCUT2D eigenvalue weighted by Crippen LogP contribution is -2.51. The zero-order valence-corrected chi connectivity index (χ0v) is 20.4. The molecule has 31 heavy (non-hydrogen) atoms. The maximum atomic E-state index is 13.2. The van der Waals surface area contributed by atoms with Crippen LogP contribution in [-0.4, -0.2) is 34.6 Å². The lowest BCUT2D eigenvalue weighted by molar-refractivity contribution is -0.139.